The Kier molecular flexibility index (Phi) is 5.30. The lowest BCUT2D eigenvalue weighted by atomic mass is 10.2. The van der Waals surface area contributed by atoms with Crippen molar-refractivity contribution in [2.75, 3.05) is 0 Å². The summed E-state index contributed by atoms with van der Waals surface area (Å²) in [5.74, 6) is 0. The smallest absolute Gasteiger partial charge is 0.0692 e. The van der Waals surface area contributed by atoms with Crippen molar-refractivity contribution in [3.05, 3.63) is 57.0 Å². The van der Waals surface area contributed by atoms with E-state index in [0.717, 1.165) is 25.4 Å². The number of hydrogen-bond donors (Lipinski definition) is 2. The van der Waals surface area contributed by atoms with E-state index < -0.39 is 0 Å². The van der Waals surface area contributed by atoms with E-state index in [1.54, 1.807) is 0 Å². The van der Waals surface area contributed by atoms with Gasteiger partial charge in [-0.25, -0.2) is 0 Å². The molecule has 19 heavy (non-hydrogen) atoms. The summed E-state index contributed by atoms with van der Waals surface area (Å²) in [5, 5.41) is 10.0. The number of benzene rings is 2. The van der Waals surface area contributed by atoms with E-state index in [-0.39, 0.29) is 6.61 Å². The van der Waals surface area contributed by atoms with Gasteiger partial charge < -0.3 is 10.8 Å². The van der Waals surface area contributed by atoms with Crippen LogP contribution in [-0.2, 0) is 13.2 Å². The van der Waals surface area contributed by atoms with E-state index in [9.17, 15) is 5.11 Å². The van der Waals surface area contributed by atoms with Gasteiger partial charge in [-0.3, -0.25) is 0 Å². The minimum Gasteiger partial charge on any atom is -0.392 e. The van der Waals surface area contributed by atoms with Crippen LogP contribution in [0.15, 0.2) is 50.7 Å². The van der Waals surface area contributed by atoms with Crippen LogP contribution in [0.4, 0.5) is 0 Å². The molecule has 0 saturated carbocycles. The second-order valence-electron chi connectivity index (χ2n) is 3.95. The Labute approximate surface area is 130 Å². The first-order chi connectivity index (χ1) is 9.15. The highest BCUT2D eigenvalue weighted by molar-refractivity contribution is 9.10. The highest BCUT2D eigenvalue weighted by Crippen LogP contribution is 2.39. The van der Waals surface area contributed by atoms with Gasteiger partial charge in [-0.15, -0.1) is 0 Å². The van der Waals surface area contributed by atoms with Gasteiger partial charge in [-0.05, 0) is 29.3 Å². The molecular weight excluding hydrogens is 346 g/mol. The van der Waals surface area contributed by atoms with Crippen LogP contribution in [-0.4, -0.2) is 5.11 Å². The molecule has 0 bridgehead atoms. The largest absolute Gasteiger partial charge is 0.392 e. The normalized spacial score (nSPS) is 10.7. The zero-order valence-electron chi connectivity index (χ0n) is 10.1. The number of halogens is 2. The lowest BCUT2D eigenvalue weighted by Gasteiger charge is -2.12. The molecule has 0 heterocycles. The van der Waals surface area contributed by atoms with Crippen molar-refractivity contribution in [3.63, 3.8) is 0 Å². The van der Waals surface area contributed by atoms with E-state index >= 15 is 0 Å². The summed E-state index contributed by atoms with van der Waals surface area (Å²) in [6.07, 6.45) is 0. The third kappa shape index (κ3) is 3.52. The molecule has 0 aromatic heterocycles. The Balaban J connectivity index is 2.43. The van der Waals surface area contributed by atoms with Crippen molar-refractivity contribution in [1.82, 2.24) is 0 Å². The Morgan fingerprint density at radius 1 is 1.21 bits per heavy atom. The van der Waals surface area contributed by atoms with Crippen LogP contribution in [0.25, 0.3) is 0 Å². The topological polar surface area (TPSA) is 46.2 Å². The van der Waals surface area contributed by atoms with Gasteiger partial charge in [-0.2, -0.15) is 0 Å². The summed E-state index contributed by atoms with van der Waals surface area (Å²) < 4.78 is 0.915. The standard InChI is InChI=1S/C14H13BrClNOS/c15-11-5-10(7-17)14(12(16)6-11)19-13-4-2-1-3-9(13)8-18/h1-6,18H,7-8,17H2. The van der Waals surface area contributed by atoms with E-state index in [0.29, 0.717) is 11.6 Å². The molecule has 0 fully saturated rings. The van der Waals surface area contributed by atoms with Crippen molar-refractivity contribution in [3.8, 4) is 0 Å². The Bertz CT molecular complexity index is 592. The number of aliphatic hydroxyl groups is 1. The molecule has 2 aromatic rings. The zero-order chi connectivity index (χ0) is 13.8. The molecule has 2 aromatic carbocycles. The first kappa shape index (κ1) is 14.9. The molecule has 100 valence electrons. The molecule has 2 rings (SSSR count). The average Bonchev–Trinajstić information content (AvgIpc) is 2.42. The quantitative estimate of drug-likeness (QED) is 0.861. The van der Waals surface area contributed by atoms with Gasteiger partial charge in [-0.1, -0.05) is 57.5 Å². The number of nitrogens with two attached hydrogens (primary N) is 1. The maximum absolute atomic E-state index is 9.36. The minimum atomic E-state index is 0.00921. The van der Waals surface area contributed by atoms with Crippen LogP contribution in [0.5, 0.6) is 0 Å². The number of aliphatic hydroxyl groups excluding tert-OH is 1. The fourth-order valence-corrected chi connectivity index (χ4v) is 3.78. The molecule has 3 N–H and O–H groups in total. The molecule has 5 heteroatoms. The predicted molar refractivity (Wildman–Crippen MR) is 83.5 cm³/mol. The number of rotatable bonds is 4. The van der Waals surface area contributed by atoms with Crippen LogP contribution >= 0.6 is 39.3 Å². The van der Waals surface area contributed by atoms with Crippen LogP contribution < -0.4 is 5.73 Å². The predicted octanol–water partition coefficient (Wildman–Crippen LogP) is 4.20. The van der Waals surface area contributed by atoms with Gasteiger partial charge in [0.25, 0.3) is 0 Å². The molecule has 0 radical (unpaired) electrons. The van der Waals surface area contributed by atoms with Gasteiger partial charge >= 0.3 is 0 Å². The molecule has 0 spiro atoms. The van der Waals surface area contributed by atoms with Crippen molar-refractivity contribution < 1.29 is 5.11 Å². The average molecular weight is 359 g/mol. The Morgan fingerprint density at radius 2 is 1.95 bits per heavy atom. The minimum absolute atomic E-state index is 0.00921. The molecule has 0 saturated heterocycles. The monoisotopic (exact) mass is 357 g/mol. The summed E-state index contributed by atoms with van der Waals surface area (Å²) in [4.78, 5) is 1.93. The van der Waals surface area contributed by atoms with Gasteiger partial charge in [0.05, 0.1) is 11.6 Å². The third-order valence-electron chi connectivity index (χ3n) is 2.66. The fraction of sp³-hybridized carbons (Fsp3) is 0.143. The molecule has 2 nitrogen and oxygen atoms in total. The highest BCUT2D eigenvalue weighted by Gasteiger charge is 2.11. The fourth-order valence-electron chi connectivity index (χ4n) is 1.72. The Morgan fingerprint density at radius 3 is 2.63 bits per heavy atom. The lowest BCUT2D eigenvalue weighted by Crippen LogP contribution is -1.99. The van der Waals surface area contributed by atoms with Gasteiger partial charge in [0.2, 0.25) is 0 Å². The van der Waals surface area contributed by atoms with Crippen molar-refractivity contribution in [1.29, 1.82) is 0 Å². The summed E-state index contributed by atoms with van der Waals surface area (Å²) in [7, 11) is 0. The summed E-state index contributed by atoms with van der Waals surface area (Å²) in [6, 6.07) is 11.5. The summed E-state index contributed by atoms with van der Waals surface area (Å²) in [6.45, 7) is 0.429. The molecule has 0 amide bonds. The lowest BCUT2D eigenvalue weighted by molar-refractivity contribution is 0.279. The van der Waals surface area contributed by atoms with Crippen LogP contribution in [0.3, 0.4) is 0 Å². The van der Waals surface area contributed by atoms with Crippen molar-refractivity contribution in [2.45, 2.75) is 22.9 Å². The van der Waals surface area contributed by atoms with Gasteiger partial charge in [0.1, 0.15) is 0 Å². The second-order valence-corrected chi connectivity index (χ2v) is 6.32. The first-order valence-electron chi connectivity index (χ1n) is 5.70. The van der Waals surface area contributed by atoms with Gasteiger partial charge in [0, 0.05) is 20.8 Å². The maximum atomic E-state index is 9.36. The van der Waals surface area contributed by atoms with Crippen molar-refractivity contribution >= 4 is 39.3 Å². The maximum Gasteiger partial charge on any atom is 0.0692 e. The molecule has 0 atom stereocenters. The van der Waals surface area contributed by atoms with E-state index in [2.05, 4.69) is 15.9 Å². The summed E-state index contributed by atoms with van der Waals surface area (Å²) in [5.41, 5.74) is 7.64. The third-order valence-corrected chi connectivity index (χ3v) is 4.83. The van der Waals surface area contributed by atoms with E-state index in [4.69, 9.17) is 17.3 Å². The van der Waals surface area contributed by atoms with Gasteiger partial charge in [0.15, 0.2) is 0 Å². The first-order valence-corrected chi connectivity index (χ1v) is 7.69. The van der Waals surface area contributed by atoms with Crippen molar-refractivity contribution in [2.24, 2.45) is 5.73 Å². The van der Waals surface area contributed by atoms with E-state index in [1.165, 1.54) is 11.8 Å². The SMILES string of the molecule is NCc1cc(Br)cc(Cl)c1Sc1ccccc1CO. The number of hydrogen-bond acceptors (Lipinski definition) is 3. The molecule has 0 unspecified atom stereocenters. The van der Waals surface area contributed by atoms with Crippen LogP contribution in [0.1, 0.15) is 11.1 Å². The van der Waals surface area contributed by atoms with Crippen LogP contribution in [0, 0.1) is 0 Å². The Hall–Kier alpha value is -0.520. The molecular formula is C14H13BrClNOS. The molecule has 0 aliphatic heterocycles. The summed E-state index contributed by atoms with van der Waals surface area (Å²) >= 11 is 11.2. The zero-order valence-corrected chi connectivity index (χ0v) is 13.2. The van der Waals surface area contributed by atoms with E-state index in [1.807, 2.05) is 36.4 Å². The highest BCUT2D eigenvalue weighted by atomic mass is 79.9. The second kappa shape index (κ2) is 6.77. The molecule has 0 aliphatic rings. The molecule has 0 aliphatic carbocycles. The van der Waals surface area contributed by atoms with Crippen LogP contribution in [0.2, 0.25) is 5.02 Å².